The summed E-state index contributed by atoms with van der Waals surface area (Å²) < 4.78 is 0. The lowest BCUT2D eigenvalue weighted by Crippen LogP contribution is -2.40. The van der Waals surface area contributed by atoms with Gasteiger partial charge in [0.25, 0.3) is 5.91 Å². The van der Waals surface area contributed by atoms with Crippen molar-refractivity contribution in [2.24, 2.45) is 5.73 Å². The standard InChI is InChI=1S/C13H15N3O4/c14-13(20)15-9-5-3-8(4-6-9)11(17)16-7-1-2-10(16)12(18)19/h3-6,10H,1-2,7H2,(H,18,19)(H3,14,15,20)/t10-/m1/s1. The zero-order chi connectivity index (χ0) is 14.7. The fourth-order valence-corrected chi connectivity index (χ4v) is 2.27. The number of carboxylic acids is 1. The van der Waals surface area contributed by atoms with E-state index >= 15 is 0 Å². The molecule has 1 atom stereocenters. The summed E-state index contributed by atoms with van der Waals surface area (Å²) in [6.45, 7) is 0.442. The Hall–Kier alpha value is -2.57. The first-order chi connectivity index (χ1) is 9.49. The number of aliphatic carboxylic acids is 1. The number of primary amides is 1. The van der Waals surface area contributed by atoms with Gasteiger partial charge < -0.3 is 21.1 Å². The minimum absolute atomic E-state index is 0.319. The first-order valence-electron chi connectivity index (χ1n) is 6.19. The van der Waals surface area contributed by atoms with Crippen LogP contribution in [0, 0.1) is 0 Å². The number of rotatable bonds is 3. The van der Waals surface area contributed by atoms with E-state index in [4.69, 9.17) is 10.8 Å². The van der Waals surface area contributed by atoms with E-state index in [0.717, 1.165) is 0 Å². The van der Waals surface area contributed by atoms with E-state index in [9.17, 15) is 14.4 Å². The van der Waals surface area contributed by atoms with Crippen LogP contribution in [0.5, 0.6) is 0 Å². The Morgan fingerprint density at radius 2 is 1.90 bits per heavy atom. The number of urea groups is 1. The van der Waals surface area contributed by atoms with Crippen molar-refractivity contribution < 1.29 is 19.5 Å². The number of nitrogens with one attached hydrogen (secondary N) is 1. The molecular weight excluding hydrogens is 262 g/mol. The number of amides is 3. The van der Waals surface area contributed by atoms with Crippen molar-refractivity contribution in [2.75, 3.05) is 11.9 Å². The zero-order valence-corrected chi connectivity index (χ0v) is 10.7. The molecule has 2 rings (SSSR count). The number of benzene rings is 1. The van der Waals surface area contributed by atoms with Crippen LogP contribution in [0.1, 0.15) is 23.2 Å². The molecule has 106 valence electrons. The molecule has 1 fully saturated rings. The Labute approximate surface area is 115 Å². The Balaban J connectivity index is 2.13. The Bertz CT molecular complexity index is 541. The van der Waals surface area contributed by atoms with Gasteiger partial charge in [-0.25, -0.2) is 9.59 Å². The normalized spacial score (nSPS) is 17.8. The Morgan fingerprint density at radius 1 is 1.25 bits per heavy atom. The Morgan fingerprint density at radius 3 is 2.45 bits per heavy atom. The number of hydrogen-bond donors (Lipinski definition) is 3. The summed E-state index contributed by atoms with van der Waals surface area (Å²) in [6.07, 6.45) is 1.16. The van der Waals surface area contributed by atoms with Gasteiger partial charge in [-0.05, 0) is 37.1 Å². The van der Waals surface area contributed by atoms with E-state index < -0.39 is 18.0 Å². The molecule has 1 heterocycles. The summed E-state index contributed by atoms with van der Waals surface area (Å²) in [6, 6.07) is 4.71. The molecule has 0 radical (unpaired) electrons. The van der Waals surface area contributed by atoms with Crippen molar-refractivity contribution in [3.8, 4) is 0 Å². The van der Waals surface area contributed by atoms with E-state index in [2.05, 4.69) is 5.32 Å². The monoisotopic (exact) mass is 277 g/mol. The van der Waals surface area contributed by atoms with Gasteiger partial charge in [-0.3, -0.25) is 4.79 Å². The van der Waals surface area contributed by atoms with E-state index in [-0.39, 0.29) is 5.91 Å². The first kappa shape index (κ1) is 13.9. The zero-order valence-electron chi connectivity index (χ0n) is 10.7. The highest BCUT2D eigenvalue weighted by molar-refractivity contribution is 5.97. The number of anilines is 1. The third-order valence-electron chi connectivity index (χ3n) is 3.20. The van der Waals surface area contributed by atoms with Crippen LogP contribution < -0.4 is 11.1 Å². The molecule has 1 aliphatic rings. The van der Waals surface area contributed by atoms with Crippen LogP contribution in [-0.2, 0) is 4.79 Å². The van der Waals surface area contributed by atoms with Crippen molar-refractivity contribution in [3.63, 3.8) is 0 Å². The molecule has 1 aromatic rings. The van der Waals surface area contributed by atoms with Gasteiger partial charge in [0.05, 0.1) is 0 Å². The molecule has 0 saturated carbocycles. The average molecular weight is 277 g/mol. The van der Waals surface area contributed by atoms with Crippen LogP contribution in [0.15, 0.2) is 24.3 Å². The molecule has 0 aromatic heterocycles. The van der Waals surface area contributed by atoms with Crippen molar-refractivity contribution in [3.05, 3.63) is 29.8 Å². The third-order valence-corrected chi connectivity index (χ3v) is 3.20. The van der Waals surface area contributed by atoms with Crippen molar-refractivity contribution in [1.82, 2.24) is 4.90 Å². The quantitative estimate of drug-likeness (QED) is 0.760. The fourth-order valence-electron chi connectivity index (χ4n) is 2.27. The van der Waals surface area contributed by atoms with Crippen molar-refractivity contribution in [2.45, 2.75) is 18.9 Å². The van der Waals surface area contributed by atoms with Gasteiger partial charge in [0.1, 0.15) is 6.04 Å². The summed E-state index contributed by atoms with van der Waals surface area (Å²) in [5.41, 5.74) is 5.84. The van der Waals surface area contributed by atoms with Crippen LogP contribution in [0.4, 0.5) is 10.5 Å². The summed E-state index contributed by atoms with van der Waals surface area (Å²) >= 11 is 0. The molecule has 1 aromatic carbocycles. The number of likely N-dealkylation sites (tertiary alicyclic amines) is 1. The van der Waals surface area contributed by atoms with Crippen molar-refractivity contribution in [1.29, 1.82) is 0 Å². The lowest BCUT2D eigenvalue weighted by molar-refractivity contribution is -0.141. The second kappa shape index (κ2) is 5.60. The topological polar surface area (TPSA) is 113 Å². The molecule has 20 heavy (non-hydrogen) atoms. The molecule has 4 N–H and O–H groups in total. The first-order valence-corrected chi connectivity index (χ1v) is 6.19. The maximum atomic E-state index is 12.2. The van der Waals surface area contributed by atoms with Crippen LogP contribution >= 0.6 is 0 Å². The van der Waals surface area contributed by atoms with Gasteiger partial charge >= 0.3 is 12.0 Å². The van der Waals surface area contributed by atoms with E-state index in [0.29, 0.717) is 30.6 Å². The number of carbonyl (C=O) groups excluding carboxylic acids is 2. The highest BCUT2D eigenvalue weighted by atomic mass is 16.4. The van der Waals surface area contributed by atoms with Gasteiger partial charge in [0.2, 0.25) is 0 Å². The number of nitrogens with two attached hydrogens (primary N) is 1. The van der Waals surface area contributed by atoms with Gasteiger partial charge in [-0.1, -0.05) is 0 Å². The van der Waals surface area contributed by atoms with Gasteiger partial charge in [-0.2, -0.15) is 0 Å². The maximum absolute atomic E-state index is 12.2. The SMILES string of the molecule is NC(=O)Nc1ccc(C(=O)N2CCC[C@@H]2C(=O)O)cc1. The van der Waals surface area contributed by atoms with E-state index in [1.54, 1.807) is 12.1 Å². The van der Waals surface area contributed by atoms with E-state index in [1.807, 2.05) is 0 Å². The summed E-state index contributed by atoms with van der Waals surface area (Å²) in [5, 5.41) is 11.5. The molecule has 0 bridgehead atoms. The van der Waals surface area contributed by atoms with Crippen LogP contribution in [0.3, 0.4) is 0 Å². The third kappa shape index (κ3) is 2.87. The molecule has 3 amide bonds. The number of hydrogen-bond acceptors (Lipinski definition) is 3. The minimum atomic E-state index is -0.983. The molecule has 0 aliphatic carbocycles. The number of nitrogens with zero attached hydrogens (tertiary/aromatic N) is 1. The molecule has 1 aliphatic heterocycles. The number of carbonyl (C=O) groups is 3. The lowest BCUT2D eigenvalue weighted by Gasteiger charge is -2.21. The molecule has 1 saturated heterocycles. The largest absolute Gasteiger partial charge is 0.480 e. The molecule has 0 spiro atoms. The smallest absolute Gasteiger partial charge is 0.326 e. The maximum Gasteiger partial charge on any atom is 0.326 e. The summed E-state index contributed by atoms with van der Waals surface area (Å²) in [5.74, 6) is -1.30. The highest BCUT2D eigenvalue weighted by Gasteiger charge is 2.34. The van der Waals surface area contributed by atoms with Crippen LogP contribution in [-0.4, -0.2) is 40.5 Å². The van der Waals surface area contributed by atoms with Gasteiger partial charge in [0, 0.05) is 17.8 Å². The van der Waals surface area contributed by atoms with Gasteiger partial charge in [-0.15, -0.1) is 0 Å². The fraction of sp³-hybridized carbons (Fsp3) is 0.308. The molecular formula is C13H15N3O4. The summed E-state index contributed by atoms with van der Waals surface area (Å²) in [7, 11) is 0. The van der Waals surface area contributed by atoms with Crippen LogP contribution in [0.2, 0.25) is 0 Å². The highest BCUT2D eigenvalue weighted by Crippen LogP contribution is 2.21. The van der Waals surface area contributed by atoms with Crippen LogP contribution in [0.25, 0.3) is 0 Å². The van der Waals surface area contributed by atoms with Crippen molar-refractivity contribution >= 4 is 23.6 Å². The summed E-state index contributed by atoms with van der Waals surface area (Å²) in [4.78, 5) is 35.4. The molecule has 7 heteroatoms. The van der Waals surface area contributed by atoms with Gasteiger partial charge in [0.15, 0.2) is 0 Å². The van der Waals surface area contributed by atoms with E-state index in [1.165, 1.54) is 17.0 Å². The number of carboxylic acid groups (broad SMARTS) is 1. The average Bonchev–Trinajstić information content (AvgIpc) is 2.87. The lowest BCUT2D eigenvalue weighted by atomic mass is 10.1. The predicted octanol–water partition coefficient (Wildman–Crippen LogP) is 0.866. The Kier molecular flexibility index (Phi) is 3.88. The predicted molar refractivity (Wildman–Crippen MR) is 71.3 cm³/mol. The second-order valence-electron chi connectivity index (χ2n) is 4.56. The molecule has 0 unspecified atom stereocenters. The minimum Gasteiger partial charge on any atom is -0.480 e. The second-order valence-corrected chi connectivity index (χ2v) is 4.56. The molecule has 7 nitrogen and oxygen atoms in total.